The molecule has 1 aliphatic rings. The maximum absolute atomic E-state index is 13.2. The first-order valence-electron chi connectivity index (χ1n) is 6.32. The van der Waals surface area contributed by atoms with Crippen LogP contribution in [0.1, 0.15) is 25.8 Å². The van der Waals surface area contributed by atoms with E-state index in [9.17, 15) is 4.39 Å². The maximum atomic E-state index is 13.2. The Morgan fingerprint density at radius 3 is 2.71 bits per heavy atom. The Labute approximate surface area is 103 Å². The Bertz CT molecular complexity index is 372. The van der Waals surface area contributed by atoms with Gasteiger partial charge in [-0.15, -0.1) is 0 Å². The Morgan fingerprint density at radius 1 is 1.29 bits per heavy atom. The number of rotatable bonds is 2. The molecule has 1 heterocycles. The molecule has 17 heavy (non-hydrogen) atoms. The van der Waals surface area contributed by atoms with E-state index in [4.69, 9.17) is 5.73 Å². The van der Waals surface area contributed by atoms with E-state index >= 15 is 0 Å². The third-order valence-corrected chi connectivity index (χ3v) is 3.80. The van der Waals surface area contributed by atoms with Crippen molar-refractivity contribution in [3.8, 4) is 0 Å². The second-order valence-electron chi connectivity index (χ2n) is 5.37. The molecular weight excluding hydrogens is 215 g/mol. The average molecular weight is 236 g/mol. The highest BCUT2D eigenvalue weighted by Crippen LogP contribution is 2.24. The molecule has 1 saturated heterocycles. The SMILES string of the molecule is CC1CCN(Cc2cc(N)cc(F)c2)CC1C. The molecule has 94 valence electrons. The van der Waals surface area contributed by atoms with Gasteiger partial charge in [0, 0.05) is 18.8 Å². The van der Waals surface area contributed by atoms with Crippen LogP contribution in [-0.4, -0.2) is 18.0 Å². The fourth-order valence-electron chi connectivity index (χ4n) is 2.52. The second kappa shape index (κ2) is 5.05. The number of anilines is 1. The van der Waals surface area contributed by atoms with E-state index in [1.807, 2.05) is 6.07 Å². The van der Waals surface area contributed by atoms with Gasteiger partial charge in [-0.3, -0.25) is 4.90 Å². The lowest BCUT2D eigenvalue weighted by Gasteiger charge is -2.35. The minimum Gasteiger partial charge on any atom is -0.399 e. The van der Waals surface area contributed by atoms with Crippen LogP contribution in [0.4, 0.5) is 10.1 Å². The number of nitrogen functional groups attached to an aromatic ring is 1. The van der Waals surface area contributed by atoms with Crippen molar-refractivity contribution in [1.82, 2.24) is 4.90 Å². The van der Waals surface area contributed by atoms with Gasteiger partial charge in [-0.2, -0.15) is 0 Å². The van der Waals surface area contributed by atoms with Crippen LogP contribution in [0.25, 0.3) is 0 Å². The van der Waals surface area contributed by atoms with Gasteiger partial charge in [-0.1, -0.05) is 13.8 Å². The van der Waals surface area contributed by atoms with Gasteiger partial charge in [0.1, 0.15) is 5.82 Å². The highest BCUT2D eigenvalue weighted by atomic mass is 19.1. The van der Waals surface area contributed by atoms with Crippen LogP contribution in [-0.2, 0) is 6.54 Å². The molecule has 0 aromatic heterocycles. The third kappa shape index (κ3) is 3.19. The van der Waals surface area contributed by atoms with E-state index in [2.05, 4.69) is 18.7 Å². The molecule has 1 aromatic rings. The molecule has 2 nitrogen and oxygen atoms in total. The fraction of sp³-hybridized carbons (Fsp3) is 0.571. The highest BCUT2D eigenvalue weighted by Gasteiger charge is 2.22. The smallest absolute Gasteiger partial charge is 0.125 e. The van der Waals surface area contributed by atoms with E-state index < -0.39 is 0 Å². The van der Waals surface area contributed by atoms with Gasteiger partial charge in [-0.05, 0) is 48.6 Å². The summed E-state index contributed by atoms with van der Waals surface area (Å²) in [5, 5.41) is 0. The summed E-state index contributed by atoms with van der Waals surface area (Å²) in [4.78, 5) is 2.39. The molecule has 0 spiro atoms. The normalized spacial score (nSPS) is 26.1. The topological polar surface area (TPSA) is 29.3 Å². The Kier molecular flexibility index (Phi) is 3.67. The molecule has 1 fully saturated rings. The monoisotopic (exact) mass is 236 g/mol. The van der Waals surface area contributed by atoms with Crippen molar-refractivity contribution in [2.75, 3.05) is 18.8 Å². The Hall–Kier alpha value is -1.09. The fourth-order valence-corrected chi connectivity index (χ4v) is 2.52. The van der Waals surface area contributed by atoms with Gasteiger partial charge >= 0.3 is 0 Å². The highest BCUT2D eigenvalue weighted by molar-refractivity contribution is 5.41. The number of benzene rings is 1. The van der Waals surface area contributed by atoms with Gasteiger partial charge in [0.05, 0.1) is 0 Å². The molecule has 2 atom stereocenters. The largest absolute Gasteiger partial charge is 0.399 e. The molecule has 2 unspecified atom stereocenters. The van der Waals surface area contributed by atoms with Crippen molar-refractivity contribution < 1.29 is 4.39 Å². The minimum atomic E-state index is -0.238. The van der Waals surface area contributed by atoms with Crippen molar-refractivity contribution in [2.24, 2.45) is 11.8 Å². The van der Waals surface area contributed by atoms with Crippen molar-refractivity contribution >= 4 is 5.69 Å². The van der Waals surface area contributed by atoms with Crippen molar-refractivity contribution in [2.45, 2.75) is 26.8 Å². The molecule has 3 heteroatoms. The molecule has 0 amide bonds. The van der Waals surface area contributed by atoms with Crippen LogP contribution in [0.5, 0.6) is 0 Å². The first-order chi connectivity index (χ1) is 8.04. The van der Waals surface area contributed by atoms with E-state index in [0.29, 0.717) is 5.69 Å². The van der Waals surface area contributed by atoms with Crippen molar-refractivity contribution in [3.05, 3.63) is 29.6 Å². The summed E-state index contributed by atoms with van der Waals surface area (Å²) in [5.41, 5.74) is 7.14. The number of piperidine rings is 1. The van der Waals surface area contributed by atoms with Gasteiger partial charge in [0.25, 0.3) is 0 Å². The molecule has 2 rings (SSSR count). The predicted octanol–water partition coefficient (Wildman–Crippen LogP) is 2.89. The summed E-state index contributed by atoms with van der Waals surface area (Å²) in [6, 6.07) is 4.81. The Balaban J connectivity index is 2.01. The van der Waals surface area contributed by atoms with E-state index in [1.54, 1.807) is 6.07 Å². The lowest BCUT2D eigenvalue weighted by Crippen LogP contribution is -2.37. The second-order valence-corrected chi connectivity index (χ2v) is 5.37. The zero-order valence-electron chi connectivity index (χ0n) is 10.6. The number of likely N-dealkylation sites (tertiary alicyclic amines) is 1. The van der Waals surface area contributed by atoms with E-state index in [0.717, 1.165) is 37.0 Å². The van der Waals surface area contributed by atoms with Gasteiger partial charge in [0.15, 0.2) is 0 Å². The van der Waals surface area contributed by atoms with Crippen molar-refractivity contribution in [3.63, 3.8) is 0 Å². The molecule has 0 radical (unpaired) electrons. The molecule has 0 aliphatic carbocycles. The summed E-state index contributed by atoms with van der Waals surface area (Å²) in [5.74, 6) is 1.27. The number of hydrogen-bond donors (Lipinski definition) is 1. The van der Waals surface area contributed by atoms with Crippen LogP contribution in [0, 0.1) is 17.7 Å². The van der Waals surface area contributed by atoms with Gasteiger partial charge in [-0.25, -0.2) is 4.39 Å². The summed E-state index contributed by atoms with van der Waals surface area (Å²) >= 11 is 0. The predicted molar refractivity (Wildman–Crippen MR) is 69.0 cm³/mol. The molecule has 0 saturated carbocycles. The summed E-state index contributed by atoms with van der Waals surface area (Å²) < 4.78 is 13.2. The van der Waals surface area contributed by atoms with Crippen molar-refractivity contribution in [1.29, 1.82) is 0 Å². The van der Waals surface area contributed by atoms with Gasteiger partial charge in [0.2, 0.25) is 0 Å². The van der Waals surface area contributed by atoms with Crippen LogP contribution < -0.4 is 5.73 Å². The van der Waals surface area contributed by atoms with E-state index in [-0.39, 0.29) is 5.82 Å². The lowest BCUT2D eigenvalue weighted by molar-refractivity contribution is 0.132. The zero-order chi connectivity index (χ0) is 12.4. The average Bonchev–Trinajstić information content (AvgIpc) is 2.22. The summed E-state index contributed by atoms with van der Waals surface area (Å²) in [6.45, 7) is 7.59. The molecule has 0 bridgehead atoms. The first kappa shape index (κ1) is 12.4. The van der Waals surface area contributed by atoms with E-state index in [1.165, 1.54) is 12.5 Å². The molecular formula is C14H21FN2. The van der Waals surface area contributed by atoms with Crippen LogP contribution in [0.3, 0.4) is 0 Å². The maximum Gasteiger partial charge on any atom is 0.125 e. The third-order valence-electron chi connectivity index (χ3n) is 3.80. The quantitative estimate of drug-likeness (QED) is 0.800. The lowest BCUT2D eigenvalue weighted by atomic mass is 9.88. The molecule has 1 aromatic carbocycles. The summed E-state index contributed by atoms with van der Waals surface area (Å²) in [7, 11) is 0. The number of halogens is 1. The zero-order valence-corrected chi connectivity index (χ0v) is 10.6. The van der Waals surface area contributed by atoms with Crippen LogP contribution in [0.2, 0.25) is 0 Å². The molecule has 1 aliphatic heterocycles. The Morgan fingerprint density at radius 2 is 2.06 bits per heavy atom. The number of nitrogens with zero attached hydrogens (tertiary/aromatic N) is 1. The number of hydrogen-bond acceptors (Lipinski definition) is 2. The minimum absolute atomic E-state index is 0.238. The summed E-state index contributed by atoms with van der Waals surface area (Å²) in [6.07, 6.45) is 1.23. The van der Waals surface area contributed by atoms with Crippen LogP contribution >= 0.6 is 0 Å². The van der Waals surface area contributed by atoms with Gasteiger partial charge < -0.3 is 5.73 Å². The van der Waals surface area contributed by atoms with Crippen LogP contribution in [0.15, 0.2) is 18.2 Å². The first-order valence-corrected chi connectivity index (χ1v) is 6.32. The molecule has 2 N–H and O–H groups in total. The number of nitrogens with two attached hydrogens (primary N) is 1. The standard InChI is InChI=1S/C14H21FN2/c1-10-3-4-17(8-11(10)2)9-12-5-13(15)7-14(16)6-12/h5-7,10-11H,3-4,8-9,16H2,1-2H3.